The molecule has 0 saturated heterocycles. The Morgan fingerprint density at radius 2 is 1.83 bits per heavy atom. The third kappa shape index (κ3) is 4.04. The number of aliphatic imine (C=N–C) groups is 1. The zero-order valence-corrected chi connectivity index (χ0v) is 15.1. The standard InChI is InChI=1S/C18H29N3O3/c1-5-18(7-6-8-18)12-21-17(19-2)20-11-13-9-14(23-3)16(22)15(10-13)24-4/h9-10,22H,5-8,11-12H2,1-4H3,(H2,19,20,21). The molecule has 6 heteroatoms. The van der Waals surface area contributed by atoms with Crippen LogP contribution in [0.5, 0.6) is 17.2 Å². The molecule has 1 aliphatic carbocycles. The second-order valence-corrected chi connectivity index (χ2v) is 6.34. The van der Waals surface area contributed by atoms with Crippen molar-refractivity contribution < 1.29 is 14.6 Å². The van der Waals surface area contributed by atoms with Crippen molar-refractivity contribution in [3.63, 3.8) is 0 Å². The Hall–Kier alpha value is -2.11. The summed E-state index contributed by atoms with van der Waals surface area (Å²) in [6, 6.07) is 3.58. The molecule has 1 aliphatic rings. The normalized spacial score (nSPS) is 16.2. The average molecular weight is 335 g/mol. The summed E-state index contributed by atoms with van der Waals surface area (Å²) in [4.78, 5) is 4.28. The molecule has 1 saturated carbocycles. The largest absolute Gasteiger partial charge is 0.502 e. The Bertz CT molecular complexity index is 552. The Kier molecular flexibility index (Phi) is 6.17. The van der Waals surface area contributed by atoms with E-state index in [-0.39, 0.29) is 5.75 Å². The first-order valence-electron chi connectivity index (χ1n) is 8.46. The highest BCUT2D eigenvalue weighted by atomic mass is 16.5. The van der Waals surface area contributed by atoms with Crippen LogP contribution in [0, 0.1) is 5.41 Å². The smallest absolute Gasteiger partial charge is 0.200 e. The monoisotopic (exact) mass is 335 g/mol. The maximum Gasteiger partial charge on any atom is 0.200 e. The lowest BCUT2D eigenvalue weighted by molar-refractivity contribution is 0.131. The van der Waals surface area contributed by atoms with Crippen LogP contribution in [0.25, 0.3) is 0 Å². The Balaban J connectivity index is 1.95. The third-order valence-electron chi connectivity index (χ3n) is 5.02. The summed E-state index contributed by atoms with van der Waals surface area (Å²) in [5.74, 6) is 1.59. The molecule has 0 radical (unpaired) electrons. The molecule has 0 heterocycles. The van der Waals surface area contributed by atoms with Crippen LogP contribution in [0.2, 0.25) is 0 Å². The zero-order chi connectivity index (χ0) is 17.6. The number of aromatic hydroxyl groups is 1. The van der Waals surface area contributed by atoms with Crippen molar-refractivity contribution in [1.29, 1.82) is 0 Å². The topological polar surface area (TPSA) is 75.1 Å². The van der Waals surface area contributed by atoms with E-state index in [1.165, 1.54) is 39.9 Å². The van der Waals surface area contributed by atoms with E-state index in [2.05, 4.69) is 22.5 Å². The quantitative estimate of drug-likeness (QED) is 0.528. The van der Waals surface area contributed by atoms with E-state index in [1.54, 1.807) is 19.2 Å². The molecule has 0 aromatic heterocycles. The maximum absolute atomic E-state index is 9.96. The minimum atomic E-state index is 0.0149. The molecular formula is C18H29N3O3. The van der Waals surface area contributed by atoms with Gasteiger partial charge in [0.05, 0.1) is 14.2 Å². The van der Waals surface area contributed by atoms with Crippen LogP contribution >= 0.6 is 0 Å². The van der Waals surface area contributed by atoms with E-state index >= 15 is 0 Å². The lowest BCUT2D eigenvalue weighted by Crippen LogP contribution is -2.46. The number of phenolic OH excluding ortho intramolecular Hbond substituents is 1. The van der Waals surface area contributed by atoms with Gasteiger partial charge in [0.1, 0.15) is 0 Å². The number of ether oxygens (including phenoxy) is 2. The SMILES string of the molecule is CCC1(CNC(=NC)NCc2cc(OC)c(O)c(OC)c2)CCC1. The van der Waals surface area contributed by atoms with Crippen molar-refractivity contribution in [1.82, 2.24) is 10.6 Å². The van der Waals surface area contributed by atoms with Gasteiger partial charge in [-0.2, -0.15) is 0 Å². The molecule has 0 aliphatic heterocycles. The minimum Gasteiger partial charge on any atom is -0.502 e. The van der Waals surface area contributed by atoms with E-state index in [4.69, 9.17) is 9.47 Å². The Morgan fingerprint density at radius 3 is 2.25 bits per heavy atom. The second kappa shape index (κ2) is 8.13. The lowest BCUT2D eigenvalue weighted by Gasteiger charge is -2.41. The molecule has 24 heavy (non-hydrogen) atoms. The van der Waals surface area contributed by atoms with E-state index in [0.717, 1.165) is 18.1 Å². The predicted octanol–water partition coefficient (Wildman–Crippen LogP) is 2.65. The highest BCUT2D eigenvalue weighted by Gasteiger charge is 2.34. The number of phenols is 1. The van der Waals surface area contributed by atoms with E-state index < -0.39 is 0 Å². The summed E-state index contributed by atoms with van der Waals surface area (Å²) in [5, 5.41) is 16.7. The molecular weight excluding hydrogens is 306 g/mol. The average Bonchev–Trinajstić information content (AvgIpc) is 2.57. The van der Waals surface area contributed by atoms with Crippen LogP contribution in [0.3, 0.4) is 0 Å². The van der Waals surface area contributed by atoms with Crippen LogP contribution in [0.1, 0.15) is 38.2 Å². The summed E-state index contributed by atoms with van der Waals surface area (Å²) in [6.45, 7) is 3.77. The molecule has 6 nitrogen and oxygen atoms in total. The van der Waals surface area contributed by atoms with Crippen LogP contribution in [0.4, 0.5) is 0 Å². The summed E-state index contributed by atoms with van der Waals surface area (Å²) in [5.41, 5.74) is 1.38. The van der Waals surface area contributed by atoms with Gasteiger partial charge in [-0.3, -0.25) is 4.99 Å². The van der Waals surface area contributed by atoms with E-state index in [9.17, 15) is 5.11 Å². The molecule has 1 aromatic carbocycles. The number of hydrogen-bond acceptors (Lipinski definition) is 4. The van der Waals surface area contributed by atoms with Crippen molar-refractivity contribution >= 4 is 5.96 Å². The van der Waals surface area contributed by atoms with Gasteiger partial charge in [0.25, 0.3) is 0 Å². The molecule has 2 rings (SSSR count). The second-order valence-electron chi connectivity index (χ2n) is 6.34. The van der Waals surface area contributed by atoms with Gasteiger partial charge in [-0.1, -0.05) is 13.3 Å². The van der Waals surface area contributed by atoms with Crippen LogP contribution in [-0.4, -0.2) is 38.9 Å². The van der Waals surface area contributed by atoms with Crippen molar-refractivity contribution in [2.24, 2.45) is 10.4 Å². The highest BCUT2D eigenvalue weighted by molar-refractivity contribution is 5.79. The summed E-state index contributed by atoms with van der Waals surface area (Å²) in [6.07, 6.45) is 5.11. The van der Waals surface area contributed by atoms with Crippen molar-refractivity contribution in [2.45, 2.75) is 39.2 Å². The van der Waals surface area contributed by atoms with Gasteiger partial charge in [-0.15, -0.1) is 0 Å². The number of hydrogen-bond donors (Lipinski definition) is 3. The number of guanidine groups is 1. The molecule has 3 N–H and O–H groups in total. The van der Waals surface area contributed by atoms with Crippen molar-refractivity contribution in [3.8, 4) is 17.2 Å². The van der Waals surface area contributed by atoms with Crippen LogP contribution in [-0.2, 0) is 6.54 Å². The highest BCUT2D eigenvalue weighted by Crippen LogP contribution is 2.43. The van der Waals surface area contributed by atoms with Gasteiger partial charge in [0.2, 0.25) is 5.75 Å². The Morgan fingerprint density at radius 1 is 1.21 bits per heavy atom. The minimum absolute atomic E-state index is 0.0149. The molecule has 0 spiro atoms. The molecule has 0 amide bonds. The van der Waals surface area contributed by atoms with Crippen molar-refractivity contribution in [3.05, 3.63) is 17.7 Å². The van der Waals surface area contributed by atoms with Gasteiger partial charge in [-0.05, 0) is 42.4 Å². The number of nitrogens with one attached hydrogen (secondary N) is 2. The first-order chi connectivity index (χ1) is 11.6. The van der Waals surface area contributed by atoms with E-state index in [0.29, 0.717) is 23.5 Å². The van der Waals surface area contributed by atoms with Gasteiger partial charge in [-0.25, -0.2) is 0 Å². The summed E-state index contributed by atoms with van der Waals surface area (Å²) >= 11 is 0. The van der Waals surface area contributed by atoms with Gasteiger partial charge < -0.3 is 25.2 Å². The molecule has 1 fully saturated rings. The third-order valence-corrected chi connectivity index (χ3v) is 5.02. The van der Waals surface area contributed by atoms with E-state index in [1.807, 2.05) is 0 Å². The summed E-state index contributed by atoms with van der Waals surface area (Å²) in [7, 11) is 4.82. The zero-order valence-electron chi connectivity index (χ0n) is 15.1. The molecule has 0 unspecified atom stereocenters. The van der Waals surface area contributed by atoms with Crippen LogP contribution < -0.4 is 20.1 Å². The first-order valence-corrected chi connectivity index (χ1v) is 8.46. The van der Waals surface area contributed by atoms with Crippen molar-refractivity contribution in [2.75, 3.05) is 27.8 Å². The molecule has 0 bridgehead atoms. The Labute approximate surface area is 144 Å². The van der Waals surface area contributed by atoms with Crippen LogP contribution in [0.15, 0.2) is 17.1 Å². The van der Waals surface area contributed by atoms with Gasteiger partial charge in [0.15, 0.2) is 17.5 Å². The van der Waals surface area contributed by atoms with Gasteiger partial charge >= 0.3 is 0 Å². The fourth-order valence-electron chi connectivity index (χ4n) is 3.06. The maximum atomic E-state index is 9.96. The summed E-state index contributed by atoms with van der Waals surface area (Å²) < 4.78 is 10.4. The number of benzene rings is 1. The molecule has 134 valence electrons. The fraction of sp³-hybridized carbons (Fsp3) is 0.611. The fourth-order valence-corrected chi connectivity index (χ4v) is 3.06. The number of nitrogens with zero attached hydrogens (tertiary/aromatic N) is 1. The predicted molar refractivity (Wildman–Crippen MR) is 96.0 cm³/mol. The van der Waals surface area contributed by atoms with Gasteiger partial charge in [0, 0.05) is 20.1 Å². The number of rotatable bonds is 7. The first kappa shape index (κ1) is 18.2. The molecule has 1 aromatic rings. The number of methoxy groups -OCH3 is 2. The molecule has 0 atom stereocenters. The lowest BCUT2D eigenvalue weighted by atomic mass is 9.67.